The lowest BCUT2D eigenvalue weighted by Gasteiger charge is -2.21. The number of nitrogens with zero attached hydrogens (tertiary/aromatic N) is 2. The topological polar surface area (TPSA) is 16.1 Å². The van der Waals surface area contributed by atoms with Gasteiger partial charge in [-0.05, 0) is 58.5 Å². The molecule has 0 saturated carbocycles. The molecular formula is C16H17BrN2. The van der Waals surface area contributed by atoms with Crippen molar-refractivity contribution in [2.24, 2.45) is 0 Å². The summed E-state index contributed by atoms with van der Waals surface area (Å²) in [4.78, 5) is 6.93. The van der Waals surface area contributed by atoms with Gasteiger partial charge in [0.15, 0.2) is 0 Å². The standard InChI is InChI=1S/C16H17BrN2/c1-12-10-16(18-11-15(12)17)19-8-6-13-4-2-3-5-14(13)7-9-19/h2-5,10-11H,6-9H2,1H3. The molecule has 1 aromatic carbocycles. The molecule has 3 rings (SSSR count). The van der Waals surface area contributed by atoms with Crippen LogP contribution in [0.2, 0.25) is 0 Å². The molecule has 1 aliphatic rings. The van der Waals surface area contributed by atoms with Crippen LogP contribution in [-0.4, -0.2) is 18.1 Å². The van der Waals surface area contributed by atoms with Crippen molar-refractivity contribution in [3.63, 3.8) is 0 Å². The van der Waals surface area contributed by atoms with Gasteiger partial charge in [-0.3, -0.25) is 0 Å². The Labute approximate surface area is 122 Å². The van der Waals surface area contributed by atoms with Crippen LogP contribution < -0.4 is 4.90 Å². The minimum Gasteiger partial charge on any atom is -0.356 e. The van der Waals surface area contributed by atoms with Gasteiger partial charge in [-0.2, -0.15) is 0 Å². The summed E-state index contributed by atoms with van der Waals surface area (Å²) in [6, 6.07) is 10.9. The average molecular weight is 317 g/mol. The molecule has 1 aliphatic heterocycles. The molecule has 0 saturated heterocycles. The quantitative estimate of drug-likeness (QED) is 0.796. The van der Waals surface area contributed by atoms with Gasteiger partial charge >= 0.3 is 0 Å². The molecule has 2 nitrogen and oxygen atoms in total. The highest BCUT2D eigenvalue weighted by Crippen LogP contribution is 2.23. The summed E-state index contributed by atoms with van der Waals surface area (Å²) in [7, 11) is 0. The molecule has 98 valence electrons. The SMILES string of the molecule is Cc1cc(N2CCc3ccccc3CC2)ncc1Br. The number of fused-ring (bicyclic) bond motifs is 1. The maximum absolute atomic E-state index is 4.55. The fourth-order valence-electron chi connectivity index (χ4n) is 2.59. The number of anilines is 1. The van der Waals surface area contributed by atoms with Crippen LogP contribution in [0.25, 0.3) is 0 Å². The van der Waals surface area contributed by atoms with Crippen molar-refractivity contribution < 1.29 is 0 Å². The Balaban J connectivity index is 1.83. The van der Waals surface area contributed by atoms with Crippen molar-refractivity contribution in [1.29, 1.82) is 0 Å². The first-order valence-corrected chi connectivity index (χ1v) is 7.47. The summed E-state index contributed by atoms with van der Waals surface area (Å²) in [6.07, 6.45) is 4.11. The van der Waals surface area contributed by atoms with Gasteiger partial charge in [0, 0.05) is 23.8 Å². The predicted octanol–water partition coefficient (Wildman–Crippen LogP) is 3.76. The Morgan fingerprint density at radius 2 is 1.74 bits per heavy atom. The second-order valence-corrected chi connectivity index (χ2v) is 5.90. The minimum atomic E-state index is 1.05. The Kier molecular flexibility index (Phi) is 3.56. The number of rotatable bonds is 1. The first-order chi connectivity index (χ1) is 9.24. The van der Waals surface area contributed by atoms with Gasteiger partial charge in [-0.25, -0.2) is 4.98 Å². The minimum absolute atomic E-state index is 1.05. The summed E-state index contributed by atoms with van der Waals surface area (Å²) >= 11 is 3.51. The van der Waals surface area contributed by atoms with E-state index in [-0.39, 0.29) is 0 Å². The molecule has 0 aliphatic carbocycles. The zero-order valence-corrected chi connectivity index (χ0v) is 12.7. The summed E-state index contributed by atoms with van der Waals surface area (Å²) in [5.41, 5.74) is 4.21. The fourth-order valence-corrected chi connectivity index (χ4v) is 2.81. The van der Waals surface area contributed by atoms with Crippen molar-refractivity contribution in [3.8, 4) is 0 Å². The lowest BCUT2D eigenvalue weighted by molar-refractivity contribution is 0.789. The molecule has 0 N–H and O–H groups in total. The number of aromatic nitrogens is 1. The van der Waals surface area contributed by atoms with Gasteiger partial charge < -0.3 is 4.90 Å². The van der Waals surface area contributed by atoms with Crippen molar-refractivity contribution >= 4 is 21.7 Å². The maximum atomic E-state index is 4.55. The van der Waals surface area contributed by atoms with Crippen LogP contribution in [0.15, 0.2) is 41.0 Å². The monoisotopic (exact) mass is 316 g/mol. The van der Waals surface area contributed by atoms with Crippen LogP contribution >= 0.6 is 15.9 Å². The van der Waals surface area contributed by atoms with Crippen LogP contribution in [0, 0.1) is 6.92 Å². The normalized spacial score (nSPS) is 14.9. The molecule has 0 amide bonds. The molecule has 2 heterocycles. The molecule has 0 fully saturated rings. The van der Waals surface area contributed by atoms with E-state index in [0.717, 1.165) is 36.2 Å². The Hall–Kier alpha value is -1.35. The molecule has 1 aromatic heterocycles. The van der Waals surface area contributed by atoms with Gasteiger partial charge in [0.1, 0.15) is 5.82 Å². The van der Waals surface area contributed by atoms with E-state index in [9.17, 15) is 0 Å². The predicted molar refractivity (Wildman–Crippen MR) is 82.7 cm³/mol. The van der Waals surface area contributed by atoms with Crippen LogP contribution in [0.4, 0.5) is 5.82 Å². The molecule has 0 bridgehead atoms. The third-order valence-corrected chi connectivity index (χ3v) is 4.61. The second-order valence-electron chi connectivity index (χ2n) is 5.05. The molecule has 0 radical (unpaired) electrons. The van der Waals surface area contributed by atoms with E-state index in [4.69, 9.17) is 0 Å². The van der Waals surface area contributed by atoms with Crippen LogP contribution in [0.3, 0.4) is 0 Å². The first kappa shape index (κ1) is 12.7. The third kappa shape index (κ3) is 2.66. The molecule has 0 spiro atoms. The zero-order chi connectivity index (χ0) is 13.2. The molecule has 0 unspecified atom stereocenters. The number of pyridine rings is 1. The Morgan fingerprint density at radius 1 is 1.11 bits per heavy atom. The Bertz CT molecular complexity index is 568. The van der Waals surface area contributed by atoms with Crippen molar-refractivity contribution in [2.45, 2.75) is 19.8 Å². The Morgan fingerprint density at radius 3 is 2.32 bits per heavy atom. The van der Waals surface area contributed by atoms with Gasteiger partial charge in [0.2, 0.25) is 0 Å². The highest BCUT2D eigenvalue weighted by atomic mass is 79.9. The summed E-state index contributed by atoms with van der Waals surface area (Å²) in [5, 5.41) is 0. The summed E-state index contributed by atoms with van der Waals surface area (Å²) in [6.45, 7) is 4.21. The average Bonchev–Trinajstić information content (AvgIpc) is 2.64. The van der Waals surface area contributed by atoms with E-state index in [1.165, 1.54) is 16.7 Å². The van der Waals surface area contributed by atoms with E-state index in [2.05, 4.69) is 63.1 Å². The highest BCUT2D eigenvalue weighted by Gasteiger charge is 2.15. The summed E-state index contributed by atoms with van der Waals surface area (Å²) in [5.74, 6) is 1.09. The summed E-state index contributed by atoms with van der Waals surface area (Å²) < 4.78 is 1.08. The van der Waals surface area contributed by atoms with Crippen molar-refractivity contribution in [2.75, 3.05) is 18.0 Å². The van der Waals surface area contributed by atoms with E-state index in [1.54, 1.807) is 0 Å². The van der Waals surface area contributed by atoms with Crippen LogP contribution in [0.5, 0.6) is 0 Å². The van der Waals surface area contributed by atoms with Gasteiger partial charge in [-0.1, -0.05) is 24.3 Å². The van der Waals surface area contributed by atoms with Crippen LogP contribution in [0.1, 0.15) is 16.7 Å². The number of halogens is 1. The van der Waals surface area contributed by atoms with E-state index in [0.29, 0.717) is 0 Å². The zero-order valence-electron chi connectivity index (χ0n) is 11.1. The lowest BCUT2D eigenvalue weighted by atomic mass is 10.0. The molecular weight excluding hydrogens is 300 g/mol. The van der Waals surface area contributed by atoms with Gasteiger partial charge in [-0.15, -0.1) is 0 Å². The van der Waals surface area contributed by atoms with Crippen molar-refractivity contribution in [3.05, 3.63) is 57.7 Å². The third-order valence-electron chi connectivity index (χ3n) is 3.78. The second kappa shape index (κ2) is 5.33. The van der Waals surface area contributed by atoms with Crippen LogP contribution in [-0.2, 0) is 12.8 Å². The molecule has 0 atom stereocenters. The van der Waals surface area contributed by atoms with E-state index < -0.39 is 0 Å². The number of benzene rings is 1. The van der Waals surface area contributed by atoms with Crippen molar-refractivity contribution in [1.82, 2.24) is 4.98 Å². The largest absolute Gasteiger partial charge is 0.356 e. The number of hydrogen-bond donors (Lipinski definition) is 0. The fraction of sp³-hybridized carbons (Fsp3) is 0.312. The molecule has 3 heteroatoms. The highest BCUT2D eigenvalue weighted by molar-refractivity contribution is 9.10. The lowest BCUT2D eigenvalue weighted by Crippen LogP contribution is -2.26. The smallest absolute Gasteiger partial charge is 0.128 e. The molecule has 19 heavy (non-hydrogen) atoms. The van der Waals surface area contributed by atoms with E-state index in [1.807, 2.05) is 6.20 Å². The van der Waals surface area contributed by atoms with E-state index >= 15 is 0 Å². The first-order valence-electron chi connectivity index (χ1n) is 6.68. The van der Waals surface area contributed by atoms with Gasteiger partial charge in [0.25, 0.3) is 0 Å². The number of aryl methyl sites for hydroxylation is 1. The number of hydrogen-bond acceptors (Lipinski definition) is 2. The molecule has 2 aromatic rings. The maximum Gasteiger partial charge on any atom is 0.128 e. The van der Waals surface area contributed by atoms with Gasteiger partial charge in [0.05, 0.1) is 0 Å².